The summed E-state index contributed by atoms with van der Waals surface area (Å²) >= 11 is 11.9. The van der Waals surface area contributed by atoms with Gasteiger partial charge >= 0.3 is 5.82 Å². The lowest BCUT2D eigenvalue weighted by Gasteiger charge is -2.08. The number of hydrogen-bond donors (Lipinski definition) is 1. The molecule has 0 saturated carbocycles. The Morgan fingerprint density at radius 3 is 2.57 bits per heavy atom. The Morgan fingerprint density at radius 1 is 1.33 bits per heavy atom. The minimum Gasteiger partial charge on any atom is -0.358 e. The van der Waals surface area contributed by atoms with Crippen LogP contribution in [-0.4, -0.2) is 20.6 Å². The van der Waals surface area contributed by atoms with E-state index < -0.39 is 4.92 Å². The highest BCUT2D eigenvalue weighted by Crippen LogP contribution is 2.29. The van der Waals surface area contributed by atoms with E-state index in [9.17, 15) is 14.9 Å². The van der Waals surface area contributed by atoms with E-state index in [4.69, 9.17) is 23.2 Å². The van der Waals surface area contributed by atoms with Crippen molar-refractivity contribution in [3.63, 3.8) is 0 Å². The number of aryl methyl sites for hydroxylation is 1. The summed E-state index contributed by atoms with van der Waals surface area (Å²) in [4.78, 5) is 21.7. The first kappa shape index (κ1) is 15.3. The monoisotopic (exact) mass is 328 g/mol. The van der Waals surface area contributed by atoms with Gasteiger partial charge in [0.1, 0.15) is 0 Å². The third kappa shape index (κ3) is 3.93. The molecule has 1 heterocycles. The lowest BCUT2D eigenvalue weighted by Crippen LogP contribution is -2.15. The van der Waals surface area contributed by atoms with E-state index in [0.717, 1.165) is 0 Å². The maximum absolute atomic E-state index is 11.8. The molecule has 0 aliphatic carbocycles. The minimum absolute atomic E-state index is 0.0837. The highest BCUT2D eigenvalue weighted by atomic mass is 35.5. The number of hydrogen-bond acceptors (Lipinski definition) is 4. The zero-order valence-corrected chi connectivity index (χ0v) is 12.1. The number of rotatable bonds is 5. The molecule has 110 valence electrons. The van der Waals surface area contributed by atoms with Crippen molar-refractivity contribution >= 4 is 40.6 Å². The molecule has 21 heavy (non-hydrogen) atoms. The van der Waals surface area contributed by atoms with Crippen LogP contribution in [0.25, 0.3) is 0 Å². The van der Waals surface area contributed by atoms with Crippen LogP contribution in [0, 0.1) is 10.1 Å². The smallest absolute Gasteiger partial charge is 0.358 e. The predicted octanol–water partition coefficient (Wildman–Crippen LogP) is 3.13. The van der Waals surface area contributed by atoms with Gasteiger partial charge in [-0.1, -0.05) is 29.3 Å². The number of nitrogens with one attached hydrogen (secondary N) is 1. The molecule has 2 rings (SSSR count). The largest absolute Gasteiger partial charge is 0.389 e. The Bertz CT molecular complexity index is 667. The summed E-state index contributed by atoms with van der Waals surface area (Å²) in [5.41, 5.74) is 0.345. The second kappa shape index (κ2) is 6.55. The molecule has 1 aromatic carbocycles. The molecule has 0 saturated heterocycles. The van der Waals surface area contributed by atoms with E-state index in [1.54, 1.807) is 18.2 Å². The Hall–Kier alpha value is -2.12. The molecule has 0 spiro atoms. The van der Waals surface area contributed by atoms with Gasteiger partial charge in [-0.2, -0.15) is 4.68 Å². The van der Waals surface area contributed by atoms with Crippen LogP contribution in [-0.2, 0) is 11.3 Å². The number of benzene rings is 1. The van der Waals surface area contributed by atoms with E-state index >= 15 is 0 Å². The van der Waals surface area contributed by atoms with Crippen LogP contribution in [0.1, 0.15) is 6.42 Å². The van der Waals surface area contributed by atoms with Crippen molar-refractivity contribution < 1.29 is 9.72 Å². The first-order valence-corrected chi connectivity index (χ1v) is 6.64. The van der Waals surface area contributed by atoms with Gasteiger partial charge in [0.05, 0.1) is 39.6 Å². The summed E-state index contributed by atoms with van der Waals surface area (Å²) in [5.74, 6) is -0.576. The van der Waals surface area contributed by atoms with Gasteiger partial charge in [0, 0.05) is 6.42 Å². The molecule has 0 bridgehead atoms. The SMILES string of the molecule is O=C(CCn1ccc([N+](=O)[O-])n1)Nc1c(Cl)cccc1Cl. The number of aromatic nitrogens is 2. The van der Waals surface area contributed by atoms with Gasteiger partial charge in [0.25, 0.3) is 0 Å². The van der Waals surface area contributed by atoms with Crippen LogP contribution in [0.5, 0.6) is 0 Å². The molecule has 0 fully saturated rings. The summed E-state index contributed by atoms with van der Waals surface area (Å²) < 4.78 is 1.33. The second-order valence-electron chi connectivity index (χ2n) is 4.09. The minimum atomic E-state index is -0.597. The highest BCUT2D eigenvalue weighted by Gasteiger charge is 2.13. The van der Waals surface area contributed by atoms with Gasteiger partial charge in [-0.05, 0) is 17.1 Å². The third-order valence-corrected chi connectivity index (χ3v) is 3.24. The number of anilines is 1. The van der Waals surface area contributed by atoms with Crippen molar-refractivity contribution in [2.24, 2.45) is 0 Å². The van der Waals surface area contributed by atoms with Gasteiger partial charge < -0.3 is 15.4 Å². The van der Waals surface area contributed by atoms with Crippen LogP contribution in [0.2, 0.25) is 10.0 Å². The highest BCUT2D eigenvalue weighted by molar-refractivity contribution is 6.39. The first-order chi connectivity index (χ1) is 9.97. The molecule has 0 radical (unpaired) electrons. The number of amides is 1. The van der Waals surface area contributed by atoms with Crippen LogP contribution in [0.15, 0.2) is 30.5 Å². The Kier molecular flexibility index (Phi) is 4.77. The molecule has 0 atom stereocenters. The maximum atomic E-state index is 11.8. The zero-order chi connectivity index (χ0) is 15.4. The molecule has 2 aromatic rings. The van der Waals surface area contributed by atoms with Crippen LogP contribution >= 0.6 is 23.2 Å². The number of carbonyl (C=O) groups excluding carboxylic acids is 1. The maximum Gasteiger partial charge on any atom is 0.389 e. The average Bonchev–Trinajstić information content (AvgIpc) is 2.90. The molecule has 0 aliphatic heterocycles. The third-order valence-electron chi connectivity index (χ3n) is 2.61. The van der Waals surface area contributed by atoms with E-state index in [0.29, 0.717) is 15.7 Å². The Balaban J connectivity index is 1.94. The van der Waals surface area contributed by atoms with Crippen molar-refractivity contribution in [1.82, 2.24) is 9.78 Å². The number of nitrogens with zero attached hydrogens (tertiary/aromatic N) is 3. The molecular formula is C12H10Cl2N4O3. The Morgan fingerprint density at radius 2 is 2.00 bits per heavy atom. The predicted molar refractivity (Wildman–Crippen MR) is 78.6 cm³/mol. The van der Waals surface area contributed by atoms with Gasteiger partial charge in [-0.25, -0.2) is 0 Å². The molecule has 7 nitrogen and oxygen atoms in total. The normalized spacial score (nSPS) is 10.4. The van der Waals surface area contributed by atoms with E-state index in [1.165, 1.54) is 16.9 Å². The van der Waals surface area contributed by atoms with Crippen molar-refractivity contribution in [1.29, 1.82) is 0 Å². The summed E-state index contributed by atoms with van der Waals surface area (Å²) in [6, 6.07) is 6.16. The van der Waals surface area contributed by atoms with Crippen LogP contribution < -0.4 is 5.32 Å². The van der Waals surface area contributed by atoms with Gasteiger partial charge in [-0.15, -0.1) is 0 Å². The van der Waals surface area contributed by atoms with Crippen LogP contribution in [0.4, 0.5) is 11.5 Å². The van der Waals surface area contributed by atoms with Crippen molar-refractivity contribution in [2.45, 2.75) is 13.0 Å². The van der Waals surface area contributed by atoms with E-state index in [2.05, 4.69) is 10.4 Å². The standard InChI is InChI=1S/C12H10Cl2N4O3/c13-8-2-1-3-9(14)12(8)15-11(19)5-7-17-6-4-10(16-17)18(20)21/h1-4,6H,5,7H2,(H,15,19). The Labute approximate surface area is 129 Å². The van der Waals surface area contributed by atoms with Crippen molar-refractivity contribution in [3.05, 3.63) is 50.6 Å². The van der Waals surface area contributed by atoms with Crippen LogP contribution in [0.3, 0.4) is 0 Å². The fourth-order valence-corrected chi connectivity index (χ4v) is 2.10. The van der Waals surface area contributed by atoms with Gasteiger partial charge in [0.15, 0.2) is 0 Å². The fraction of sp³-hybridized carbons (Fsp3) is 0.167. The number of nitro groups is 1. The van der Waals surface area contributed by atoms with Gasteiger partial charge in [0.2, 0.25) is 5.91 Å². The zero-order valence-electron chi connectivity index (χ0n) is 10.6. The fourth-order valence-electron chi connectivity index (χ4n) is 1.61. The molecule has 1 aromatic heterocycles. The molecule has 1 N–H and O–H groups in total. The number of para-hydroxylation sites is 1. The molecule has 9 heteroatoms. The lowest BCUT2D eigenvalue weighted by molar-refractivity contribution is -0.389. The summed E-state index contributed by atoms with van der Waals surface area (Å²) in [7, 11) is 0. The van der Waals surface area contributed by atoms with Crippen molar-refractivity contribution in [3.8, 4) is 0 Å². The number of carbonyl (C=O) groups is 1. The summed E-state index contributed by atoms with van der Waals surface area (Å²) in [5, 5.41) is 17.5. The quantitative estimate of drug-likeness (QED) is 0.674. The van der Waals surface area contributed by atoms with E-state index in [1.807, 2.05) is 0 Å². The average molecular weight is 329 g/mol. The topological polar surface area (TPSA) is 90.1 Å². The summed E-state index contributed by atoms with van der Waals surface area (Å²) in [6.45, 7) is 0.210. The van der Waals surface area contributed by atoms with Crippen molar-refractivity contribution in [2.75, 3.05) is 5.32 Å². The molecule has 1 amide bonds. The molecule has 0 unspecified atom stereocenters. The first-order valence-electron chi connectivity index (χ1n) is 5.89. The lowest BCUT2D eigenvalue weighted by atomic mass is 10.3. The summed E-state index contributed by atoms with van der Waals surface area (Å²) in [6.07, 6.45) is 1.52. The molecule has 0 aliphatic rings. The van der Waals surface area contributed by atoms with E-state index in [-0.39, 0.29) is 24.7 Å². The van der Waals surface area contributed by atoms with Gasteiger partial charge in [-0.3, -0.25) is 4.79 Å². The number of halogens is 2. The molecular weight excluding hydrogens is 319 g/mol. The second-order valence-corrected chi connectivity index (χ2v) is 4.90.